The van der Waals surface area contributed by atoms with Crippen molar-refractivity contribution >= 4 is 23.5 Å². The molecular formula is C18H25NO5. The number of carbonyl (C=O) groups excluding carboxylic acids is 1. The van der Waals surface area contributed by atoms with E-state index in [0.717, 1.165) is 6.42 Å². The fraction of sp³-hybridized carbons (Fsp3) is 0.500. The first-order valence-corrected chi connectivity index (χ1v) is 8.06. The lowest BCUT2D eigenvalue weighted by Gasteiger charge is -2.20. The van der Waals surface area contributed by atoms with E-state index in [4.69, 9.17) is 5.11 Å². The lowest BCUT2D eigenvalue weighted by Crippen LogP contribution is -2.26. The summed E-state index contributed by atoms with van der Waals surface area (Å²) in [5, 5.41) is 20.9. The minimum absolute atomic E-state index is 0.107. The van der Waals surface area contributed by atoms with Crippen molar-refractivity contribution in [1.29, 1.82) is 0 Å². The van der Waals surface area contributed by atoms with Crippen molar-refractivity contribution in [3.8, 4) is 0 Å². The summed E-state index contributed by atoms with van der Waals surface area (Å²) in [6, 6.07) is 5.84. The Bertz CT molecular complexity index is 580. The second-order valence-electron chi connectivity index (χ2n) is 6.53. The number of carbonyl (C=O) groups is 3. The van der Waals surface area contributed by atoms with Crippen molar-refractivity contribution < 1.29 is 24.6 Å². The molecule has 0 aliphatic rings. The molecule has 1 amide bonds. The Morgan fingerprint density at radius 3 is 2.04 bits per heavy atom. The van der Waals surface area contributed by atoms with Crippen molar-refractivity contribution in [2.45, 2.75) is 40.0 Å². The molecule has 1 rings (SSSR count). The lowest BCUT2D eigenvalue weighted by atomic mass is 9.85. The molecule has 0 aliphatic carbocycles. The van der Waals surface area contributed by atoms with Crippen LogP contribution in [0, 0.1) is 17.8 Å². The van der Waals surface area contributed by atoms with Crippen molar-refractivity contribution in [3.63, 3.8) is 0 Å². The van der Waals surface area contributed by atoms with Gasteiger partial charge in [-0.2, -0.15) is 0 Å². The number of anilines is 1. The third kappa shape index (κ3) is 6.40. The summed E-state index contributed by atoms with van der Waals surface area (Å²) in [6.07, 6.45) is 1.46. The summed E-state index contributed by atoms with van der Waals surface area (Å²) < 4.78 is 0. The van der Waals surface area contributed by atoms with Gasteiger partial charge in [0.15, 0.2) is 0 Å². The van der Waals surface area contributed by atoms with Crippen LogP contribution < -0.4 is 5.32 Å². The van der Waals surface area contributed by atoms with Crippen LogP contribution in [0.25, 0.3) is 0 Å². The van der Waals surface area contributed by atoms with Crippen LogP contribution in [0.5, 0.6) is 0 Å². The van der Waals surface area contributed by atoms with E-state index in [1.165, 1.54) is 24.3 Å². The van der Waals surface area contributed by atoms with Gasteiger partial charge in [-0.15, -0.1) is 0 Å². The third-order valence-corrected chi connectivity index (χ3v) is 3.98. The molecule has 0 radical (unpaired) electrons. The number of amides is 1. The third-order valence-electron chi connectivity index (χ3n) is 3.98. The average Bonchev–Trinajstić information content (AvgIpc) is 2.46. The highest BCUT2D eigenvalue weighted by molar-refractivity contribution is 5.92. The number of nitrogens with one attached hydrogen (secondary N) is 1. The van der Waals surface area contributed by atoms with Crippen LogP contribution >= 0.6 is 0 Å². The zero-order chi connectivity index (χ0) is 18.3. The van der Waals surface area contributed by atoms with Gasteiger partial charge < -0.3 is 15.5 Å². The topological polar surface area (TPSA) is 104 Å². The molecule has 0 aromatic heterocycles. The minimum atomic E-state index is -1.03. The highest BCUT2D eigenvalue weighted by Gasteiger charge is 2.26. The molecule has 24 heavy (non-hydrogen) atoms. The van der Waals surface area contributed by atoms with Gasteiger partial charge in [-0.3, -0.25) is 9.59 Å². The molecule has 2 atom stereocenters. The van der Waals surface area contributed by atoms with Crippen LogP contribution in [0.1, 0.15) is 50.4 Å². The molecule has 1 aromatic rings. The van der Waals surface area contributed by atoms with E-state index in [1.54, 1.807) is 6.92 Å². The van der Waals surface area contributed by atoms with E-state index in [1.807, 2.05) is 13.8 Å². The molecule has 1 aromatic carbocycles. The van der Waals surface area contributed by atoms with Gasteiger partial charge in [-0.1, -0.05) is 27.2 Å². The average molecular weight is 335 g/mol. The van der Waals surface area contributed by atoms with E-state index in [0.29, 0.717) is 18.0 Å². The summed E-state index contributed by atoms with van der Waals surface area (Å²) in [5.74, 6) is -2.59. The van der Waals surface area contributed by atoms with Crippen LogP contribution in [0.4, 0.5) is 5.69 Å². The Kier molecular flexibility index (Phi) is 7.42. The maximum atomic E-state index is 12.1. The van der Waals surface area contributed by atoms with Crippen LogP contribution in [-0.4, -0.2) is 28.1 Å². The van der Waals surface area contributed by atoms with Gasteiger partial charge in [0.25, 0.3) is 0 Å². The molecule has 0 unspecified atom stereocenters. The van der Waals surface area contributed by atoms with Crippen molar-refractivity contribution in [2.75, 3.05) is 5.32 Å². The Morgan fingerprint density at radius 2 is 1.58 bits per heavy atom. The zero-order valence-corrected chi connectivity index (χ0v) is 14.3. The van der Waals surface area contributed by atoms with Gasteiger partial charge in [0.1, 0.15) is 0 Å². The Balaban J connectivity index is 2.61. The fourth-order valence-electron chi connectivity index (χ4n) is 2.51. The largest absolute Gasteiger partial charge is 0.481 e. The molecule has 6 nitrogen and oxygen atoms in total. The summed E-state index contributed by atoms with van der Waals surface area (Å²) in [6.45, 7) is 5.85. The first kappa shape index (κ1) is 19.7. The van der Waals surface area contributed by atoms with E-state index in [-0.39, 0.29) is 23.8 Å². The van der Waals surface area contributed by atoms with Gasteiger partial charge in [0, 0.05) is 12.1 Å². The van der Waals surface area contributed by atoms with Gasteiger partial charge in [-0.25, -0.2) is 4.79 Å². The van der Waals surface area contributed by atoms with Gasteiger partial charge in [0.2, 0.25) is 5.91 Å². The quantitative estimate of drug-likeness (QED) is 0.641. The SMILES string of the molecule is CC(C)CC[C@@H](C(=O)O)[C@H](C)CC(=O)Nc1ccc(C(=O)O)cc1. The standard InChI is InChI=1S/C18H25NO5/c1-11(2)4-9-15(18(23)24)12(3)10-16(20)19-14-7-5-13(6-8-14)17(21)22/h5-8,11-12,15H,4,9-10H2,1-3H3,(H,19,20)(H,21,22)(H,23,24)/t12-,15-/m1/s1. The molecule has 0 fully saturated rings. The van der Waals surface area contributed by atoms with Crippen LogP contribution in [-0.2, 0) is 9.59 Å². The summed E-state index contributed by atoms with van der Waals surface area (Å²) >= 11 is 0. The first-order chi connectivity index (χ1) is 11.2. The van der Waals surface area contributed by atoms with Crippen molar-refractivity contribution in [1.82, 2.24) is 0 Å². The molecule has 3 N–H and O–H groups in total. The second kappa shape index (κ2) is 9.05. The van der Waals surface area contributed by atoms with Crippen molar-refractivity contribution in [3.05, 3.63) is 29.8 Å². The Morgan fingerprint density at radius 1 is 1.00 bits per heavy atom. The molecule has 6 heteroatoms. The van der Waals surface area contributed by atoms with E-state index in [2.05, 4.69) is 5.32 Å². The number of benzene rings is 1. The maximum Gasteiger partial charge on any atom is 0.335 e. The molecule has 0 bridgehead atoms. The molecule has 0 spiro atoms. The normalized spacial score (nSPS) is 13.3. The molecule has 132 valence electrons. The van der Waals surface area contributed by atoms with Crippen LogP contribution in [0.15, 0.2) is 24.3 Å². The van der Waals surface area contributed by atoms with E-state index < -0.39 is 17.9 Å². The smallest absolute Gasteiger partial charge is 0.335 e. The summed E-state index contributed by atoms with van der Waals surface area (Å²) in [7, 11) is 0. The Labute approximate surface area is 141 Å². The summed E-state index contributed by atoms with van der Waals surface area (Å²) in [4.78, 5) is 34.3. The second-order valence-corrected chi connectivity index (χ2v) is 6.53. The highest BCUT2D eigenvalue weighted by Crippen LogP contribution is 2.24. The van der Waals surface area contributed by atoms with E-state index >= 15 is 0 Å². The predicted octanol–water partition coefficient (Wildman–Crippen LogP) is 3.49. The van der Waals surface area contributed by atoms with Crippen LogP contribution in [0.3, 0.4) is 0 Å². The number of aromatic carboxylic acids is 1. The first-order valence-electron chi connectivity index (χ1n) is 8.06. The number of rotatable bonds is 9. The van der Waals surface area contributed by atoms with Gasteiger partial charge >= 0.3 is 11.9 Å². The monoisotopic (exact) mass is 335 g/mol. The van der Waals surface area contributed by atoms with Crippen molar-refractivity contribution in [2.24, 2.45) is 17.8 Å². The van der Waals surface area contributed by atoms with E-state index in [9.17, 15) is 19.5 Å². The number of carboxylic acids is 2. The maximum absolute atomic E-state index is 12.1. The van der Waals surface area contributed by atoms with Gasteiger partial charge in [0.05, 0.1) is 11.5 Å². The Hall–Kier alpha value is -2.37. The molecular weight excluding hydrogens is 310 g/mol. The predicted molar refractivity (Wildman–Crippen MR) is 91.0 cm³/mol. The molecule has 0 aliphatic heterocycles. The number of hydrogen-bond donors (Lipinski definition) is 3. The number of aliphatic carboxylic acids is 1. The number of carboxylic acid groups (broad SMARTS) is 2. The number of hydrogen-bond acceptors (Lipinski definition) is 3. The fourth-order valence-corrected chi connectivity index (χ4v) is 2.51. The highest BCUT2D eigenvalue weighted by atomic mass is 16.4. The summed E-state index contributed by atoms with van der Waals surface area (Å²) in [5.41, 5.74) is 0.632. The zero-order valence-electron chi connectivity index (χ0n) is 14.3. The molecule has 0 saturated heterocycles. The lowest BCUT2D eigenvalue weighted by molar-refractivity contribution is -0.144. The van der Waals surface area contributed by atoms with Gasteiger partial charge in [-0.05, 0) is 42.5 Å². The molecule has 0 saturated carbocycles. The molecule has 0 heterocycles. The van der Waals surface area contributed by atoms with Crippen LogP contribution in [0.2, 0.25) is 0 Å². The minimum Gasteiger partial charge on any atom is -0.481 e.